The Morgan fingerprint density at radius 1 is 1.00 bits per heavy atom. The van der Waals surface area contributed by atoms with Crippen LogP contribution in [0.25, 0.3) is 0 Å². The van der Waals surface area contributed by atoms with Gasteiger partial charge in [-0.25, -0.2) is 4.79 Å². The quantitative estimate of drug-likeness (QED) is 0.556. The maximum Gasteiger partial charge on any atom is 0.508 e. The van der Waals surface area contributed by atoms with Gasteiger partial charge in [-0.1, -0.05) is 0 Å². The van der Waals surface area contributed by atoms with Gasteiger partial charge in [-0.15, -0.1) is 0 Å². The van der Waals surface area contributed by atoms with Gasteiger partial charge in [0.15, 0.2) is 6.61 Å². The Morgan fingerprint density at radius 2 is 1.59 bits per heavy atom. The van der Waals surface area contributed by atoms with Gasteiger partial charge in [0.25, 0.3) is 0 Å². The van der Waals surface area contributed by atoms with Crippen LogP contribution in [-0.2, 0) is 19.6 Å². The number of alkyl halides is 2. The van der Waals surface area contributed by atoms with Crippen molar-refractivity contribution in [2.75, 3.05) is 13.2 Å². The van der Waals surface area contributed by atoms with Gasteiger partial charge in [0, 0.05) is 5.41 Å². The first-order chi connectivity index (χ1) is 12.6. The first-order valence-corrected chi connectivity index (χ1v) is 11.2. The van der Waals surface area contributed by atoms with Crippen molar-refractivity contribution < 1.29 is 36.0 Å². The minimum Gasteiger partial charge on any atom is -0.434 e. The van der Waals surface area contributed by atoms with E-state index in [1.54, 1.807) is 0 Å². The standard InChI is InChI=1S/C18H24F2O6S/c19-18(20,27(22,23)24)8-26-16(21)25-7-17-6-10-2-12-11-1-9(4-14(12)17)5-15(17)13(11)3-10/h9-15H,1-8H2,(H,22,23,24). The third-order valence-corrected chi connectivity index (χ3v) is 9.34. The van der Waals surface area contributed by atoms with Crippen LogP contribution in [0.5, 0.6) is 0 Å². The van der Waals surface area contributed by atoms with Gasteiger partial charge >= 0.3 is 21.5 Å². The fourth-order valence-corrected chi connectivity index (χ4v) is 8.09. The van der Waals surface area contributed by atoms with Crippen molar-refractivity contribution in [3.63, 3.8) is 0 Å². The molecule has 1 N–H and O–H groups in total. The molecule has 0 aromatic carbocycles. The summed E-state index contributed by atoms with van der Waals surface area (Å²) in [6.07, 6.45) is 5.99. The van der Waals surface area contributed by atoms with Crippen LogP contribution in [0.4, 0.5) is 13.6 Å². The first kappa shape index (κ1) is 18.1. The Balaban J connectivity index is 1.27. The van der Waals surface area contributed by atoms with E-state index in [0.29, 0.717) is 29.6 Å². The predicted octanol–water partition coefficient (Wildman–Crippen LogP) is 3.33. The maximum atomic E-state index is 13.2. The van der Waals surface area contributed by atoms with Gasteiger partial charge in [-0.3, -0.25) is 4.55 Å². The van der Waals surface area contributed by atoms with Gasteiger partial charge in [0.1, 0.15) is 6.61 Å². The van der Waals surface area contributed by atoms with Crippen molar-refractivity contribution in [2.24, 2.45) is 46.8 Å². The van der Waals surface area contributed by atoms with Gasteiger partial charge in [0.05, 0.1) is 0 Å². The summed E-state index contributed by atoms with van der Waals surface area (Å²) in [5, 5.41) is -4.54. The zero-order chi connectivity index (χ0) is 19.2. The molecular weight excluding hydrogens is 382 g/mol. The van der Waals surface area contributed by atoms with Crippen LogP contribution in [0.1, 0.15) is 38.5 Å². The Kier molecular flexibility index (Phi) is 3.72. The van der Waals surface area contributed by atoms with Crippen LogP contribution in [0.2, 0.25) is 0 Å². The van der Waals surface area contributed by atoms with Crippen LogP contribution in [0.15, 0.2) is 0 Å². The van der Waals surface area contributed by atoms with E-state index in [9.17, 15) is 22.0 Å². The summed E-state index contributed by atoms with van der Waals surface area (Å²) >= 11 is 0. The molecule has 7 aliphatic rings. The summed E-state index contributed by atoms with van der Waals surface area (Å²) < 4.78 is 65.6. The van der Waals surface area contributed by atoms with E-state index in [1.165, 1.54) is 32.1 Å². The van der Waals surface area contributed by atoms with Crippen LogP contribution < -0.4 is 0 Å². The third-order valence-electron chi connectivity index (χ3n) is 8.46. The molecule has 7 saturated carbocycles. The molecule has 4 atom stereocenters. The average Bonchev–Trinajstić information content (AvgIpc) is 2.61. The lowest BCUT2D eigenvalue weighted by Crippen LogP contribution is -2.69. The van der Waals surface area contributed by atoms with Crippen molar-refractivity contribution in [1.29, 1.82) is 0 Å². The molecule has 0 spiro atoms. The van der Waals surface area contributed by atoms with E-state index in [1.807, 2.05) is 0 Å². The van der Waals surface area contributed by atoms with E-state index < -0.39 is 28.1 Å². The highest BCUT2D eigenvalue weighted by molar-refractivity contribution is 7.86. The molecular formula is C18H24F2O6S. The van der Waals surface area contributed by atoms with Gasteiger partial charge in [-0.05, 0) is 80.0 Å². The van der Waals surface area contributed by atoms with E-state index >= 15 is 0 Å². The van der Waals surface area contributed by atoms with Crippen LogP contribution in [0.3, 0.4) is 0 Å². The van der Waals surface area contributed by atoms with Crippen LogP contribution in [0, 0.1) is 46.8 Å². The number of ether oxygens (including phenoxy) is 2. The molecule has 152 valence electrons. The first-order valence-electron chi connectivity index (χ1n) is 9.75. The van der Waals surface area contributed by atoms with E-state index in [2.05, 4.69) is 4.74 Å². The zero-order valence-corrected chi connectivity index (χ0v) is 15.7. The minimum absolute atomic E-state index is 0.0610. The lowest BCUT2D eigenvalue weighted by atomic mass is 9.31. The van der Waals surface area contributed by atoms with Gasteiger partial charge < -0.3 is 9.47 Å². The fourth-order valence-electron chi connectivity index (χ4n) is 7.88. The van der Waals surface area contributed by atoms with E-state index in [0.717, 1.165) is 18.3 Å². The molecule has 6 nitrogen and oxygen atoms in total. The molecule has 0 saturated heterocycles. The number of hydrogen-bond acceptors (Lipinski definition) is 5. The number of rotatable bonds is 5. The number of carbonyl (C=O) groups excluding carboxylic acids is 1. The molecule has 0 aromatic rings. The Morgan fingerprint density at radius 3 is 2.19 bits per heavy atom. The molecule has 7 fully saturated rings. The molecule has 0 radical (unpaired) electrons. The maximum absolute atomic E-state index is 13.2. The Hall–Kier alpha value is -0.960. The molecule has 0 amide bonds. The molecule has 27 heavy (non-hydrogen) atoms. The molecule has 7 rings (SSSR count). The van der Waals surface area contributed by atoms with Gasteiger partial charge in [0.2, 0.25) is 0 Å². The highest BCUT2D eigenvalue weighted by Gasteiger charge is 2.70. The monoisotopic (exact) mass is 406 g/mol. The van der Waals surface area contributed by atoms with Crippen molar-refractivity contribution in [1.82, 2.24) is 0 Å². The summed E-state index contributed by atoms with van der Waals surface area (Å²) in [6, 6.07) is 0. The molecule has 0 aromatic heterocycles. The van der Waals surface area contributed by atoms with Crippen molar-refractivity contribution >= 4 is 16.3 Å². The molecule has 9 heteroatoms. The summed E-state index contributed by atoms with van der Waals surface area (Å²) in [4.78, 5) is 11.8. The lowest BCUT2D eigenvalue weighted by Gasteiger charge is -2.74. The second-order valence-electron chi connectivity index (χ2n) is 9.49. The largest absolute Gasteiger partial charge is 0.508 e. The number of hydrogen-bond donors (Lipinski definition) is 1. The summed E-state index contributed by atoms with van der Waals surface area (Å²) in [6.45, 7) is -1.58. The normalized spacial score (nSPS) is 46.7. The molecule has 7 aliphatic carbocycles. The Labute approximate surface area is 156 Å². The predicted molar refractivity (Wildman–Crippen MR) is 88.4 cm³/mol. The van der Waals surface area contributed by atoms with Crippen molar-refractivity contribution in [3.05, 3.63) is 0 Å². The van der Waals surface area contributed by atoms with Crippen LogP contribution in [-0.4, -0.2) is 37.6 Å². The molecule has 0 aliphatic heterocycles. The average molecular weight is 406 g/mol. The smallest absolute Gasteiger partial charge is 0.434 e. The third kappa shape index (κ3) is 2.49. The topological polar surface area (TPSA) is 89.9 Å². The lowest BCUT2D eigenvalue weighted by molar-refractivity contribution is -0.266. The Bertz CT molecular complexity index is 744. The SMILES string of the molecule is O=C(OCC12CC3CC4C5CC(CC41)CC2C5C3)OCC(F)(F)S(=O)(=O)O. The van der Waals surface area contributed by atoms with Crippen molar-refractivity contribution in [3.8, 4) is 0 Å². The second-order valence-corrected chi connectivity index (χ2v) is 11.0. The van der Waals surface area contributed by atoms with E-state index in [4.69, 9.17) is 9.29 Å². The van der Waals surface area contributed by atoms with Crippen molar-refractivity contribution in [2.45, 2.75) is 43.8 Å². The molecule has 0 heterocycles. The highest BCUT2D eigenvalue weighted by Crippen LogP contribution is 2.75. The number of carbonyl (C=O) groups is 1. The van der Waals surface area contributed by atoms with Crippen LogP contribution >= 0.6 is 0 Å². The highest BCUT2D eigenvalue weighted by atomic mass is 32.2. The summed E-state index contributed by atoms with van der Waals surface area (Å²) in [5.41, 5.74) is -0.0610. The molecule has 4 unspecified atom stereocenters. The molecule has 8 bridgehead atoms. The minimum atomic E-state index is -5.63. The zero-order valence-electron chi connectivity index (χ0n) is 14.9. The summed E-state index contributed by atoms with van der Waals surface area (Å²) in [7, 11) is -5.63. The second kappa shape index (κ2) is 5.55. The van der Waals surface area contributed by atoms with E-state index in [-0.39, 0.29) is 12.0 Å². The van der Waals surface area contributed by atoms with Gasteiger partial charge in [-0.2, -0.15) is 17.2 Å². The fraction of sp³-hybridized carbons (Fsp3) is 0.944. The summed E-state index contributed by atoms with van der Waals surface area (Å²) in [5.74, 6) is 4.76. The number of halogens is 2.